The largest absolute Gasteiger partial charge is 0.432 e. The van der Waals surface area contributed by atoms with Crippen LogP contribution in [-0.4, -0.2) is 21.1 Å². The molecular weight excluding hydrogens is 547 g/mol. The number of imidazole rings is 1. The number of aryl methyl sites for hydroxylation is 1. The van der Waals surface area contributed by atoms with Gasteiger partial charge >= 0.3 is 6.61 Å². The van der Waals surface area contributed by atoms with Crippen molar-refractivity contribution in [3.05, 3.63) is 131 Å². The summed E-state index contributed by atoms with van der Waals surface area (Å²) in [4.78, 5) is 7.47. The molecule has 43 heavy (non-hydrogen) atoms. The molecule has 5 rings (SSSR count). The van der Waals surface area contributed by atoms with E-state index in [1.807, 2.05) is 42.5 Å². The zero-order valence-corrected chi connectivity index (χ0v) is 24.5. The SMILES string of the molecule is CCCCn1c(-c2ccccc2)nc(-c2ccccc2)c1CN(Cc1cccc(C)c1)Cc1ccc(OC(F)F)c(F)c1. The lowest BCUT2D eigenvalue weighted by atomic mass is 10.1. The van der Waals surface area contributed by atoms with E-state index in [1.165, 1.54) is 12.1 Å². The van der Waals surface area contributed by atoms with E-state index < -0.39 is 18.2 Å². The second-order valence-electron chi connectivity index (χ2n) is 10.7. The summed E-state index contributed by atoms with van der Waals surface area (Å²) in [6.45, 7) is 3.50. The molecule has 0 N–H and O–H groups in total. The van der Waals surface area contributed by atoms with Crippen LogP contribution in [0.25, 0.3) is 22.6 Å². The minimum Gasteiger partial charge on any atom is -0.432 e. The Morgan fingerprint density at radius 3 is 2.09 bits per heavy atom. The molecule has 1 heterocycles. The number of rotatable bonds is 13. The fourth-order valence-electron chi connectivity index (χ4n) is 5.38. The topological polar surface area (TPSA) is 30.3 Å². The second kappa shape index (κ2) is 14.2. The summed E-state index contributed by atoms with van der Waals surface area (Å²) in [5.41, 5.74) is 7.00. The van der Waals surface area contributed by atoms with Crippen LogP contribution in [0, 0.1) is 12.7 Å². The molecule has 0 aliphatic heterocycles. The van der Waals surface area contributed by atoms with Crippen molar-refractivity contribution >= 4 is 0 Å². The first-order chi connectivity index (χ1) is 20.9. The molecule has 0 aliphatic rings. The maximum absolute atomic E-state index is 14.8. The van der Waals surface area contributed by atoms with Crippen LogP contribution >= 0.6 is 0 Å². The van der Waals surface area contributed by atoms with E-state index in [-0.39, 0.29) is 0 Å². The van der Waals surface area contributed by atoms with Gasteiger partial charge in [0.2, 0.25) is 0 Å². The monoisotopic (exact) mass is 583 g/mol. The number of hydrogen-bond acceptors (Lipinski definition) is 3. The first-order valence-electron chi connectivity index (χ1n) is 14.6. The van der Waals surface area contributed by atoms with Gasteiger partial charge in [0.05, 0.1) is 11.4 Å². The zero-order valence-electron chi connectivity index (χ0n) is 24.5. The highest BCUT2D eigenvalue weighted by molar-refractivity contribution is 5.68. The third-order valence-corrected chi connectivity index (χ3v) is 7.37. The first kappa shape index (κ1) is 30.1. The van der Waals surface area contributed by atoms with Gasteiger partial charge in [0.1, 0.15) is 5.82 Å². The Labute approximate surface area is 251 Å². The van der Waals surface area contributed by atoms with Gasteiger partial charge < -0.3 is 9.30 Å². The van der Waals surface area contributed by atoms with Crippen molar-refractivity contribution < 1.29 is 17.9 Å². The third-order valence-electron chi connectivity index (χ3n) is 7.37. The van der Waals surface area contributed by atoms with Crippen LogP contribution in [0.15, 0.2) is 103 Å². The average molecular weight is 584 g/mol. The van der Waals surface area contributed by atoms with Crippen LogP contribution < -0.4 is 4.74 Å². The van der Waals surface area contributed by atoms with Gasteiger partial charge in [-0.3, -0.25) is 4.90 Å². The van der Waals surface area contributed by atoms with Crippen LogP contribution in [0.2, 0.25) is 0 Å². The lowest BCUT2D eigenvalue weighted by Gasteiger charge is -2.25. The van der Waals surface area contributed by atoms with E-state index in [0.717, 1.165) is 58.9 Å². The zero-order chi connectivity index (χ0) is 30.2. The maximum Gasteiger partial charge on any atom is 0.387 e. The lowest BCUT2D eigenvalue weighted by Crippen LogP contribution is -2.25. The number of nitrogens with zero attached hydrogens (tertiary/aromatic N) is 3. The number of aromatic nitrogens is 2. The fraction of sp³-hybridized carbons (Fsp3) is 0.250. The molecule has 0 atom stereocenters. The van der Waals surface area contributed by atoms with Crippen molar-refractivity contribution in [2.75, 3.05) is 0 Å². The lowest BCUT2D eigenvalue weighted by molar-refractivity contribution is -0.0522. The van der Waals surface area contributed by atoms with Gasteiger partial charge in [-0.15, -0.1) is 0 Å². The van der Waals surface area contributed by atoms with Crippen LogP contribution in [0.4, 0.5) is 13.2 Å². The molecule has 222 valence electrons. The Morgan fingerprint density at radius 1 is 0.791 bits per heavy atom. The fourth-order valence-corrected chi connectivity index (χ4v) is 5.38. The molecule has 0 bridgehead atoms. The van der Waals surface area contributed by atoms with Crippen LogP contribution in [-0.2, 0) is 26.2 Å². The van der Waals surface area contributed by atoms with E-state index in [0.29, 0.717) is 25.2 Å². The molecule has 5 aromatic rings. The van der Waals surface area contributed by atoms with E-state index in [9.17, 15) is 13.2 Å². The summed E-state index contributed by atoms with van der Waals surface area (Å²) in [6.07, 6.45) is 2.03. The smallest absolute Gasteiger partial charge is 0.387 e. The van der Waals surface area contributed by atoms with Crippen LogP contribution in [0.1, 0.15) is 42.1 Å². The van der Waals surface area contributed by atoms with Gasteiger partial charge in [0.15, 0.2) is 11.6 Å². The normalized spacial score (nSPS) is 11.4. The Balaban J connectivity index is 1.59. The second-order valence-corrected chi connectivity index (χ2v) is 10.7. The van der Waals surface area contributed by atoms with Crippen molar-refractivity contribution in [1.29, 1.82) is 0 Å². The predicted octanol–water partition coefficient (Wildman–Crippen LogP) is 9.27. The number of alkyl halides is 2. The Morgan fingerprint density at radius 2 is 1.47 bits per heavy atom. The quantitative estimate of drug-likeness (QED) is 0.138. The molecule has 0 amide bonds. The third kappa shape index (κ3) is 7.73. The standard InChI is InChI=1S/C36H36F3N3O/c1-3-4-20-42-32(34(29-14-7-5-8-15-29)40-35(42)30-16-9-6-10-17-30)25-41(23-27-13-11-12-26(2)21-27)24-28-18-19-33(31(37)22-28)43-36(38)39/h5-19,21-22,36H,3-4,20,23-25H2,1-2H3. The molecule has 0 saturated heterocycles. The van der Waals surface area contributed by atoms with E-state index in [2.05, 4.69) is 70.5 Å². The summed E-state index contributed by atoms with van der Waals surface area (Å²) < 4.78 is 46.9. The van der Waals surface area contributed by atoms with Crippen molar-refractivity contribution in [3.63, 3.8) is 0 Å². The molecule has 4 nitrogen and oxygen atoms in total. The van der Waals surface area contributed by atoms with Crippen LogP contribution in [0.3, 0.4) is 0 Å². The first-order valence-corrected chi connectivity index (χ1v) is 14.6. The highest BCUT2D eigenvalue weighted by Gasteiger charge is 2.22. The highest BCUT2D eigenvalue weighted by atomic mass is 19.3. The van der Waals surface area contributed by atoms with E-state index >= 15 is 0 Å². The summed E-state index contributed by atoms with van der Waals surface area (Å²) >= 11 is 0. The Bertz CT molecular complexity index is 1620. The molecule has 0 aliphatic carbocycles. The van der Waals surface area contributed by atoms with Gasteiger partial charge in [0, 0.05) is 37.3 Å². The molecule has 0 spiro atoms. The minimum atomic E-state index is -3.09. The Kier molecular flexibility index (Phi) is 9.95. The van der Waals surface area contributed by atoms with E-state index in [1.54, 1.807) is 6.07 Å². The Hall–Kier alpha value is -4.36. The number of unbranched alkanes of at least 4 members (excludes halogenated alkanes) is 1. The summed E-state index contributed by atoms with van der Waals surface area (Å²) in [6, 6.07) is 32.9. The minimum absolute atomic E-state index is 0.397. The van der Waals surface area contributed by atoms with Crippen molar-refractivity contribution in [2.24, 2.45) is 0 Å². The summed E-state index contributed by atoms with van der Waals surface area (Å²) in [5.74, 6) is -0.351. The van der Waals surface area contributed by atoms with Gasteiger partial charge in [-0.05, 0) is 36.6 Å². The van der Waals surface area contributed by atoms with Gasteiger partial charge in [-0.2, -0.15) is 8.78 Å². The molecule has 0 unspecified atom stereocenters. The number of halogens is 3. The number of ether oxygens (including phenoxy) is 1. The number of benzene rings is 4. The maximum atomic E-state index is 14.8. The van der Waals surface area contributed by atoms with Gasteiger partial charge in [-0.25, -0.2) is 9.37 Å². The van der Waals surface area contributed by atoms with Gasteiger partial charge in [0.25, 0.3) is 0 Å². The summed E-state index contributed by atoms with van der Waals surface area (Å²) in [5, 5.41) is 0. The van der Waals surface area contributed by atoms with Crippen molar-refractivity contribution in [1.82, 2.24) is 14.5 Å². The molecule has 0 fully saturated rings. The molecule has 4 aromatic carbocycles. The van der Waals surface area contributed by atoms with E-state index in [4.69, 9.17) is 4.98 Å². The molecule has 0 radical (unpaired) electrons. The predicted molar refractivity (Wildman–Crippen MR) is 165 cm³/mol. The van der Waals surface area contributed by atoms with Crippen LogP contribution in [0.5, 0.6) is 5.75 Å². The highest BCUT2D eigenvalue weighted by Crippen LogP contribution is 2.32. The van der Waals surface area contributed by atoms with Crippen molar-refractivity contribution in [3.8, 4) is 28.4 Å². The molecule has 0 saturated carbocycles. The average Bonchev–Trinajstić information content (AvgIpc) is 3.36. The summed E-state index contributed by atoms with van der Waals surface area (Å²) in [7, 11) is 0. The molecule has 1 aromatic heterocycles. The molecular formula is C36H36F3N3O. The molecule has 7 heteroatoms. The number of hydrogen-bond donors (Lipinski definition) is 0. The van der Waals surface area contributed by atoms with Crippen molar-refractivity contribution in [2.45, 2.75) is 59.5 Å². The van der Waals surface area contributed by atoms with Gasteiger partial charge in [-0.1, -0.05) is 110 Å².